The van der Waals surface area contributed by atoms with E-state index >= 15 is 0 Å². The van der Waals surface area contributed by atoms with Crippen molar-refractivity contribution < 1.29 is 4.79 Å². The van der Waals surface area contributed by atoms with Crippen molar-refractivity contribution in [3.8, 4) is 12.3 Å². The van der Waals surface area contributed by atoms with E-state index in [9.17, 15) is 4.79 Å². The van der Waals surface area contributed by atoms with Crippen molar-refractivity contribution in [2.24, 2.45) is 5.73 Å². The molecular formula is C11H15N3O. The number of hydrogen-bond acceptors (Lipinski definition) is 3. The summed E-state index contributed by atoms with van der Waals surface area (Å²) in [4.78, 5) is 15.8. The molecule has 0 fully saturated rings. The molecule has 0 aliphatic heterocycles. The lowest BCUT2D eigenvalue weighted by Crippen LogP contribution is -2.32. The van der Waals surface area contributed by atoms with E-state index in [1.807, 2.05) is 6.92 Å². The second-order valence-electron chi connectivity index (χ2n) is 3.32. The SMILES string of the molecule is C#CCC(N)C(=O)c1nccn1CCC. The standard InChI is InChI=1S/C11H15N3O/c1-3-5-9(12)10(15)11-13-6-8-14(11)7-4-2/h1,6,8-9H,4-5,7,12H2,2H3. The minimum absolute atomic E-state index is 0.189. The van der Waals surface area contributed by atoms with Gasteiger partial charge >= 0.3 is 0 Å². The highest BCUT2D eigenvalue weighted by Crippen LogP contribution is 2.04. The average Bonchev–Trinajstić information content (AvgIpc) is 2.66. The van der Waals surface area contributed by atoms with Crippen LogP contribution in [0.25, 0.3) is 0 Å². The zero-order valence-electron chi connectivity index (χ0n) is 8.81. The van der Waals surface area contributed by atoms with Crippen LogP contribution in [0.4, 0.5) is 0 Å². The lowest BCUT2D eigenvalue weighted by atomic mass is 10.1. The molecule has 1 aromatic rings. The van der Waals surface area contributed by atoms with Crippen LogP contribution < -0.4 is 5.73 Å². The predicted molar refractivity (Wildman–Crippen MR) is 58.3 cm³/mol. The van der Waals surface area contributed by atoms with E-state index in [0.717, 1.165) is 13.0 Å². The van der Waals surface area contributed by atoms with Crippen LogP contribution in [0.15, 0.2) is 12.4 Å². The maximum atomic E-state index is 11.8. The molecule has 15 heavy (non-hydrogen) atoms. The quantitative estimate of drug-likeness (QED) is 0.572. The van der Waals surface area contributed by atoms with Crippen LogP contribution in [0.5, 0.6) is 0 Å². The number of carbonyl (C=O) groups excluding carboxylic acids is 1. The Kier molecular flexibility index (Phi) is 4.07. The zero-order valence-corrected chi connectivity index (χ0v) is 8.81. The van der Waals surface area contributed by atoms with Crippen LogP contribution in [-0.4, -0.2) is 21.4 Å². The minimum atomic E-state index is -0.645. The molecular weight excluding hydrogens is 190 g/mol. The Morgan fingerprint density at radius 1 is 1.80 bits per heavy atom. The second-order valence-corrected chi connectivity index (χ2v) is 3.32. The van der Waals surface area contributed by atoms with Gasteiger partial charge in [0.2, 0.25) is 5.78 Å². The third kappa shape index (κ3) is 2.67. The Morgan fingerprint density at radius 2 is 2.53 bits per heavy atom. The number of carbonyl (C=O) groups is 1. The molecule has 0 saturated heterocycles. The number of rotatable bonds is 5. The fourth-order valence-corrected chi connectivity index (χ4v) is 1.34. The van der Waals surface area contributed by atoms with Gasteiger partial charge in [-0.2, -0.15) is 0 Å². The Bertz CT molecular complexity index is 375. The zero-order chi connectivity index (χ0) is 11.3. The lowest BCUT2D eigenvalue weighted by Gasteiger charge is -2.08. The average molecular weight is 205 g/mol. The van der Waals surface area contributed by atoms with Crippen molar-refractivity contribution in [2.75, 3.05) is 0 Å². The monoisotopic (exact) mass is 205 g/mol. The number of nitrogens with zero attached hydrogens (tertiary/aromatic N) is 2. The van der Waals surface area contributed by atoms with E-state index in [0.29, 0.717) is 5.82 Å². The van der Waals surface area contributed by atoms with Crippen molar-refractivity contribution in [1.82, 2.24) is 9.55 Å². The van der Waals surface area contributed by atoms with Gasteiger partial charge in [-0.25, -0.2) is 4.98 Å². The first kappa shape index (κ1) is 11.5. The lowest BCUT2D eigenvalue weighted by molar-refractivity contribution is 0.0948. The van der Waals surface area contributed by atoms with E-state index in [1.165, 1.54) is 0 Å². The van der Waals surface area contributed by atoms with Gasteiger partial charge in [-0.05, 0) is 6.42 Å². The molecule has 0 aliphatic carbocycles. The van der Waals surface area contributed by atoms with Crippen molar-refractivity contribution in [1.29, 1.82) is 0 Å². The molecule has 0 radical (unpaired) electrons. The number of ketones is 1. The molecule has 1 atom stereocenters. The van der Waals surface area contributed by atoms with Gasteiger partial charge in [0.05, 0.1) is 6.04 Å². The van der Waals surface area contributed by atoms with Gasteiger partial charge < -0.3 is 10.3 Å². The first-order valence-corrected chi connectivity index (χ1v) is 4.95. The highest BCUT2D eigenvalue weighted by atomic mass is 16.1. The van der Waals surface area contributed by atoms with E-state index in [4.69, 9.17) is 12.2 Å². The van der Waals surface area contributed by atoms with E-state index < -0.39 is 6.04 Å². The van der Waals surface area contributed by atoms with Gasteiger partial charge in [-0.3, -0.25) is 4.79 Å². The number of nitrogens with two attached hydrogens (primary N) is 1. The van der Waals surface area contributed by atoms with Gasteiger partial charge in [-0.15, -0.1) is 12.3 Å². The van der Waals surface area contributed by atoms with E-state index in [2.05, 4.69) is 10.9 Å². The first-order chi connectivity index (χ1) is 7.20. The molecule has 0 bridgehead atoms. The molecule has 0 saturated carbocycles. The third-order valence-corrected chi connectivity index (χ3v) is 2.07. The molecule has 80 valence electrons. The van der Waals surface area contributed by atoms with Gasteiger partial charge in [0, 0.05) is 25.4 Å². The molecule has 1 aromatic heterocycles. The maximum absolute atomic E-state index is 11.8. The Labute approximate surface area is 89.5 Å². The molecule has 0 amide bonds. The first-order valence-electron chi connectivity index (χ1n) is 4.95. The van der Waals surface area contributed by atoms with Crippen molar-refractivity contribution in [3.05, 3.63) is 18.2 Å². The van der Waals surface area contributed by atoms with Crippen molar-refractivity contribution in [2.45, 2.75) is 32.4 Å². The van der Waals surface area contributed by atoms with Crippen LogP contribution in [0.1, 0.15) is 30.4 Å². The third-order valence-electron chi connectivity index (χ3n) is 2.07. The van der Waals surface area contributed by atoms with E-state index in [-0.39, 0.29) is 12.2 Å². The summed E-state index contributed by atoms with van der Waals surface area (Å²) in [5, 5.41) is 0. The van der Waals surface area contributed by atoms with Crippen molar-refractivity contribution in [3.63, 3.8) is 0 Å². The minimum Gasteiger partial charge on any atom is -0.328 e. The maximum Gasteiger partial charge on any atom is 0.215 e. The molecule has 4 nitrogen and oxygen atoms in total. The molecule has 1 rings (SSSR count). The van der Waals surface area contributed by atoms with Crippen LogP contribution in [0.2, 0.25) is 0 Å². The number of aryl methyl sites for hydroxylation is 1. The normalized spacial score (nSPS) is 12.1. The number of imidazole rings is 1. The second kappa shape index (κ2) is 5.32. The number of hydrogen-bond donors (Lipinski definition) is 1. The van der Waals surface area contributed by atoms with Gasteiger partial charge in [0.25, 0.3) is 0 Å². The summed E-state index contributed by atoms with van der Waals surface area (Å²) in [6.45, 7) is 2.81. The highest BCUT2D eigenvalue weighted by molar-refractivity contribution is 5.97. The highest BCUT2D eigenvalue weighted by Gasteiger charge is 2.19. The molecule has 1 heterocycles. The summed E-state index contributed by atoms with van der Waals surface area (Å²) in [5.74, 6) is 2.59. The molecule has 2 N–H and O–H groups in total. The fraction of sp³-hybridized carbons (Fsp3) is 0.455. The topological polar surface area (TPSA) is 60.9 Å². The fourth-order valence-electron chi connectivity index (χ4n) is 1.34. The number of terminal acetylenes is 1. The van der Waals surface area contributed by atoms with Crippen LogP contribution in [0.3, 0.4) is 0 Å². The van der Waals surface area contributed by atoms with Crippen LogP contribution in [-0.2, 0) is 6.54 Å². The van der Waals surface area contributed by atoms with E-state index in [1.54, 1.807) is 17.0 Å². The summed E-state index contributed by atoms with van der Waals surface area (Å²) in [5.41, 5.74) is 5.64. The summed E-state index contributed by atoms with van der Waals surface area (Å²) in [7, 11) is 0. The smallest absolute Gasteiger partial charge is 0.215 e. The molecule has 0 spiro atoms. The molecule has 1 unspecified atom stereocenters. The molecule has 0 aliphatic rings. The summed E-state index contributed by atoms with van der Waals surface area (Å²) in [6, 6.07) is -0.645. The predicted octanol–water partition coefficient (Wildman–Crippen LogP) is 0.826. The largest absolute Gasteiger partial charge is 0.328 e. The number of aromatic nitrogens is 2. The van der Waals surface area contributed by atoms with Crippen LogP contribution >= 0.6 is 0 Å². The van der Waals surface area contributed by atoms with Gasteiger partial charge in [0.1, 0.15) is 0 Å². The van der Waals surface area contributed by atoms with Gasteiger partial charge in [0.15, 0.2) is 5.82 Å². The summed E-state index contributed by atoms with van der Waals surface area (Å²) >= 11 is 0. The van der Waals surface area contributed by atoms with Crippen LogP contribution in [0, 0.1) is 12.3 Å². The Morgan fingerprint density at radius 3 is 3.13 bits per heavy atom. The molecule has 0 aromatic carbocycles. The van der Waals surface area contributed by atoms with Crippen molar-refractivity contribution >= 4 is 5.78 Å². The summed E-state index contributed by atoms with van der Waals surface area (Å²) in [6.07, 6.45) is 9.68. The summed E-state index contributed by atoms with van der Waals surface area (Å²) < 4.78 is 1.80. The Balaban J connectivity index is 2.82. The number of Topliss-reactive ketones (excluding diaryl/α,β-unsaturated/α-hetero) is 1. The van der Waals surface area contributed by atoms with Gasteiger partial charge in [-0.1, -0.05) is 6.92 Å². The Hall–Kier alpha value is -1.60. The molecule has 4 heteroatoms.